The third-order valence-corrected chi connectivity index (χ3v) is 15.9. The zero-order valence-electron chi connectivity index (χ0n) is 47.2. The Bertz CT molecular complexity index is 4060. The summed E-state index contributed by atoms with van der Waals surface area (Å²) in [7, 11) is 0. The summed E-state index contributed by atoms with van der Waals surface area (Å²) in [6.45, 7) is 22.3. The summed E-state index contributed by atoms with van der Waals surface area (Å²) in [5.74, 6) is 2.51. The Morgan fingerprint density at radius 1 is 0.623 bits per heavy atom. The Morgan fingerprint density at radius 3 is 2.01 bits per heavy atom. The summed E-state index contributed by atoms with van der Waals surface area (Å²) in [5, 5.41) is 2.00. The average molecular weight is 1190 g/mol. The minimum absolute atomic E-state index is 0. The standard InChI is InChI=1S/C70H63N4O2.Pt/c1-44(2)35-46-37-66-71-42-57(46)55-21-12-17-28-65(55)76-64-27-16-11-20-54(64)56-23-18-22-51(45-29-32-58-59(36-45)70(8,9)34-33-69(58,6)7)67(56)73-43-72(61-25-14-15-26-62(61)73)48-38-47(68(3,4)5)39-50(40-48)75-49-30-31-53-52-19-10-13-24-60(52)74(66)63(53)41-49;/h10-32,36-39,42-44H,33-35H2,1-9H3;/q-3;/i35D2;. The van der Waals surface area contributed by atoms with Gasteiger partial charge in [-0.1, -0.05) is 171 Å². The molecule has 7 heteroatoms. The molecule has 388 valence electrons. The van der Waals surface area contributed by atoms with Crippen LogP contribution in [0, 0.1) is 24.7 Å². The van der Waals surface area contributed by atoms with Crippen LogP contribution in [0.4, 0.5) is 22.7 Å². The quantitative estimate of drug-likeness (QED) is 0.165. The molecule has 14 rings (SSSR count). The number of fused-ring (bicyclic) bond motifs is 6. The van der Waals surface area contributed by atoms with Crippen LogP contribution in [-0.4, -0.2) is 9.55 Å². The molecule has 3 aliphatic heterocycles. The SMILES string of the molecule is [2H]C([2H])(c1cc2ncc1-c1ccccc1Oc1ccccc1-c1cccc(-c3ccc4c(c3)C(C)(C)CCC4(C)C)c1N1[CH-]N(c3[c-]c(cc(C(C)(C)C)c3)Oc3[c-]c4c(cc3)c3ccccc3n4-2)c2ccccc21)C(C)C.[Pt]. The van der Waals surface area contributed by atoms with Gasteiger partial charge in [-0.2, -0.15) is 6.07 Å². The van der Waals surface area contributed by atoms with Gasteiger partial charge < -0.3 is 23.8 Å². The summed E-state index contributed by atoms with van der Waals surface area (Å²) >= 11 is 0. The van der Waals surface area contributed by atoms with Crippen LogP contribution >= 0.6 is 0 Å². The van der Waals surface area contributed by atoms with Crippen molar-refractivity contribution in [3.05, 3.63) is 211 Å². The largest absolute Gasteiger partial charge is 0.509 e. The first-order valence-corrected chi connectivity index (χ1v) is 26.8. The van der Waals surface area contributed by atoms with Crippen molar-refractivity contribution in [2.24, 2.45) is 5.92 Å². The van der Waals surface area contributed by atoms with E-state index in [9.17, 15) is 2.74 Å². The normalized spacial score (nSPS) is 15.7. The first-order chi connectivity index (χ1) is 37.4. The maximum absolute atomic E-state index is 9.81. The van der Waals surface area contributed by atoms with Gasteiger partial charge in [-0.05, 0) is 105 Å². The molecule has 2 aromatic heterocycles. The van der Waals surface area contributed by atoms with Crippen LogP contribution in [0.2, 0.25) is 0 Å². The van der Waals surface area contributed by atoms with E-state index in [1.54, 1.807) is 0 Å². The third-order valence-electron chi connectivity index (χ3n) is 15.9. The van der Waals surface area contributed by atoms with Gasteiger partial charge in [0.1, 0.15) is 17.3 Å². The van der Waals surface area contributed by atoms with E-state index < -0.39 is 6.37 Å². The Hall–Kier alpha value is -7.40. The molecule has 1 aliphatic carbocycles. The van der Waals surface area contributed by atoms with Gasteiger partial charge in [-0.3, -0.25) is 0 Å². The topological polar surface area (TPSA) is 42.8 Å². The molecule has 77 heavy (non-hydrogen) atoms. The Morgan fingerprint density at radius 2 is 1.27 bits per heavy atom. The summed E-state index contributed by atoms with van der Waals surface area (Å²) in [6, 6.07) is 64.6. The molecular formula is C70H63N4O2Pt-3. The molecule has 0 fully saturated rings. The molecule has 0 saturated heterocycles. The fraction of sp³-hybridized carbons (Fsp3) is 0.229. The van der Waals surface area contributed by atoms with E-state index in [1.165, 1.54) is 11.1 Å². The number of rotatable bonds is 3. The molecular weight excluding hydrogens is 1120 g/mol. The summed E-state index contributed by atoms with van der Waals surface area (Å²) < 4.78 is 36.0. The molecule has 6 nitrogen and oxygen atoms in total. The van der Waals surface area contributed by atoms with Gasteiger partial charge in [-0.15, -0.1) is 53.6 Å². The molecule has 8 bridgehead atoms. The van der Waals surface area contributed by atoms with Crippen molar-refractivity contribution in [1.82, 2.24) is 9.55 Å². The average Bonchev–Trinajstić information content (AvgIpc) is 4.20. The second-order valence-electron chi connectivity index (χ2n) is 23.5. The van der Waals surface area contributed by atoms with Crippen molar-refractivity contribution in [1.29, 1.82) is 0 Å². The van der Waals surface area contributed by atoms with Gasteiger partial charge in [0, 0.05) is 91.9 Å². The maximum Gasteiger partial charge on any atom is 0.135 e. The smallest absolute Gasteiger partial charge is 0.135 e. The maximum atomic E-state index is 9.81. The summed E-state index contributed by atoms with van der Waals surface area (Å²) in [4.78, 5) is 9.81. The number of ether oxygens (including phenoxy) is 2. The number of pyridine rings is 1. The number of hydrogen-bond donors (Lipinski definition) is 0. The minimum Gasteiger partial charge on any atom is -0.509 e. The zero-order chi connectivity index (χ0) is 54.0. The molecule has 5 heterocycles. The van der Waals surface area contributed by atoms with Crippen LogP contribution < -0.4 is 19.3 Å². The molecule has 0 radical (unpaired) electrons. The van der Waals surface area contributed by atoms with Crippen LogP contribution in [0.3, 0.4) is 0 Å². The van der Waals surface area contributed by atoms with Gasteiger partial charge in [-0.25, -0.2) is 4.98 Å². The van der Waals surface area contributed by atoms with Gasteiger partial charge >= 0.3 is 0 Å². The molecule has 0 spiro atoms. The Kier molecular flexibility index (Phi) is 11.8. The fourth-order valence-electron chi connectivity index (χ4n) is 11.8. The van der Waals surface area contributed by atoms with Crippen molar-refractivity contribution >= 4 is 44.6 Å². The van der Waals surface area contributed by atoms with E-state index in [0.29, 0.717) is 39.9 Å². The summed E-state index contributed by atoms with van der Waals surface area (Å²) in [6.07, 6.45) is 2.28. The van der Waals surface area contributed by atoms with E-state index in [2.05, 4.69) is 185 Å². The number of nitrogens with zero attached hydrogens (tertiary/aromatic N) is 4. The van der Waals surface area contributed by atoms with Crippen LogP contribution in [0.5, 0.6) is 23.0 Å². The second-order valence-corrected chi connectivity index (χ2v) is 23.5. The predicted molar refractivity (Wildman–Crippen MR) is 313 cm³/mol. The first-order valence-electron chi connectivity index (χ1n) is 27.8. The van der Waals surface area contributed by atoms with Crippen molar-refractivity contribution in [3.63, 3.8) is 0 Å². The third kappa shape index (κ3) is 8.74. The van der Waals surface area contributed by atoms with Crippen LogP contribution in [-0.2, 0) is 43.7 Å². The van der Waals surface area contributed by atoms with Crippen LogP contribution in [0.15, 0.2) is 170 Å². The molecule has 10 aromatic rings. The number of aromatic nitrogens is 2. The molecule has 0 saturated carbocycles. The predicted octanol–water partition coefficient (Wildman–Crippen LogP) is 18.9. The second kappa shape index (κ2) is 19.0. The molecule has 0 atom stereocenters. The summed E-state index contributed by atoms with van der Waals surface area (Å²) in [5.41, 5.74) is 15.2. The molecule has 4 aliphatic rings. The van der Waals surface area contributed by atoms with Crippen molar-refractivity contribution in [2.75, 3.05) is 9.80 Å². The monoisotopic (exact) mass is 1190 g/mol. The van der Waals surface area contributed by atoms with Gasteiger partial charge in [0.15, 0.2) is 0 Å². The van der Waals surface area contributed by atoms with Crippen LogP contribution in [0.1, 0.15) is 100 Å². The van der Waals surface area contributed by atoms with E-state index >= 15 is 0 Å². The van der Waals surface area contributed by atoms with Gasteiger partial charge in [0.25, 0.3) is 0 Å². The van der Waals surface area contributed by atoms with E-state index in [-0.39, 0.29) is 43.2 Å². The molecule has 8 aromatic carbocycles. The Balaban J connectivity index is 0.00000623. The number of para-hydroxylation sites is 6. The fourth-order valence-corrected chi connectivity index (χ4v) is 11.8. The molecule has 0 unspecified atom stereocenters. The van der Waals surface area contributed by atoms with Crippen molar-refractivity contribution < 1.29 is 33.3 Å². The van der Waals surface area contributed by atoms with Crippen LogP contribution in [0.25, 0.3) is 61.0 Å². The van der Waals surface area contributed by atoms with Crippen molar-refractivity contribution in [2.45, 2.75) is 97.8 Å². The first kappa shape index (κ1) is 48.0. The number of anilines is 4. The van der Waals surface area contributed by atoms with Gasteiger partial charge in [0.05, 0.1) is 0 Å². The van der Waals surface area contributed by atoms with E-state index in [4.69, 9.17) is 14.5 Å². The van der Waals surface area contributed by atoms with E-state index in [0.717, 1.165) is 90.8 Å². The number of benzene rings is 8. The van der Waals surface area contributed by atoms with Gasteiger partial charge in [0.2, 0.25) is 0 Å². The minimum atomic E-state index is -1.78. The molecule has 0 N–H and O–H groups in total. The zero-order valence-corrected chi connectivity index (χ0v) is 47.4. The number of hydrogen-bond acceptors (Lipinski definition) is 5. The van der Waals surface area contributed by atoms with Crippen molar-refractivity contribution in [3.8, 4) is 62.2 Å². The van der Waals surface area contributed by atoms with E-state index in [1.807, 2.05) is 80.7 Å². The molecule has 0 amide bonds. The Labute approximate surface area is 471 Å².